The van der Waals surface area contributed by atoms with E-state index >= 15 is 0 Å². The van der Waals surface area contributed by atoms with Gasteiger partial charge in [-0.25, -0.2) is 0 Å². The molecular weight excluding hydrogens is 242 g/mol. The van der Waals surface area contributed by atoms with Gasteiger partial charge in [0.25, 0.3) is 0 Å². The minimum absolute atomic E-state index is 0.0506. The first kappa shape index (κ1) is 16.4. The van der Waals surface area contributed by atoms with Crippen molar-refractivity contribution in [3.8, 4) is 0 Å². The molecule has 0 aromatic rings. The van der Waals surface area contributed by atoms with Crippen LogP contribution in [-0.2, 0) is 9.53 Å². The van der Waals surface area contributed by atoms with Gasteiger partial charge in [-0.3, -0.25) is 4.79 Å². The predicted molar refractivity (Wildman–Crippen MR) is 76.0 cm³/mol. The molecule has 1 saturated carbocycles. The van der Waals surface area contributed by atoms with Crippen molar-refractivity contribution in [1.82, 2.24) is 5.32 Å². The average Bonchev–Trinajstić information content (AvgIpc) is 2.27. The molecule has 1 rings (SSSR count). The third kappa shape index (κ3) is 5.91. The van der Waals surface area contributed by atoms with E-state index in [1.165, 1.54) is 6.42 Å². The fourth-order valence-corrected chi connectivity index (χ4v) is 2.88. The summed E-state index contributed by atoms with van der Waals surface area (Å²) in [6.07, 6.45) is 5.70. The largest absolute Gasteiger partial charge is 0.389 e. The normalized spacial score (nSPS) is 20.9. The number of nitrogens with one attached hydrogen (secondary N) is 1. The van der Waals surface area contributed by atoms with Crippen molar-refractivity contribution >= 4 is 5.91 Å². The van der Waals surface area contributed by atoms with Crippen molar-refractivity contribution in [1.29, 1.82) is 0 Å². The summed E-state index contributed by atoms with van der Waals surface area (Å²) in [7, 11) is 1.68. The lowest BCUT2D eigenvalue weighted by atomic mass is 9.82. The van der Waals surface area contributed by atoms with Crippen molar-refractivity contribution in [3.05, 3.63) is 0 Å². The standard InChI is InChI=1S/C15H29NO3/c1-12(10-14(2,3)19-4)16-13(17)11-15(18)8-6-5-7-9-15/h12,18H,5-11H2,1-4H3,(H,16,17). The molecule has 1 amide bonds. The molecule has 0 heterocycles. The lowest BCUT2D eigenvalue weighted by Crippen LogP contribution is -2.43. The third-order valence-corrected chi connectivity index (χ3v) is 4.03. The summed E-state index contributed by atoms with van der Waals surface area (Å²) in [5.41, 5.74) is -1.02. The van der Waals surface area contributed by atoms with Gasteiger partial charge in [-0.1, -0.05) is 19.3 Å². The number of methoxy groups -OCH3 is 1. The quantitative estimate of drug-likeness (QED) is 0.780. The van der Waals surface area contributed by atoms with Crippen LogP contribution in [0.25, 0.3) is 0 Å². The highest BCUT2D eigenvalue weighted by Gasteiger charge is 2.32. The Bertz CT molecular complexity index is 296. The van der Waals surface area contributed by atoms with E-state index in [0.717, 1.165) is 32.1 Å². The van der Waals surface area contributed by atoms with E-state index < -0.39 is 5.60 Å². The minimum Gasteiger partial charge on any atom is -0.389 e. The summed E-state index contributed by atoms with van der Waals surface area (Å²) in [4.78, 5) is 12.0. The Kier molecular flexibility index (Phi) is 5.81. The molecule has 112 valence electrons. The molecule has 19 heavy (non-hydrogen) atoms. The number of carbonyl (C=O) groups is 1. The second kappa shape index (κ2) is 6.71. The number of carbonyl (C=O) groups excluding carboxylic acids is 1. The van der Waals surface area contributed by atoms with Gasteiger partial charge in [-0.05, 0) is 40.0 Å². The van der Waals surface area contributed by atoms with E-state index in [1.54, 1.807) is 7.11 Å². The Hall–Kier alpha value is -0.610. The Balaban J connectivity index is 2.38. The molecule has 1 aliphatic rings. The number of amides is 1. The van der Waals surface area contributed by atoms with Crippen LogP contribution in [0.15, 0.2) is 0 Å². The molecule has 1 fully saturated rings. The zero-order valence-electron chi connectivity index (χ0n) is 12.8. The summed E-state index contributed by atoms with van der Waals surface area (Å²) < 4.78 is 5.36. The molecule has 0 saturated heterocycles. The molecule has 0 bridgehead atoms. The second-order valence-corrected chi connectivity index (χ2v) is 6.60. The monoisotopic (exact) mass is 271 g/mol. The van der Waals surface area contributed by atoms with Crippen LogP contribution in [0.5, 0.6) is 0 Å². The van der Waals surface area contributed by atoms with E-state index in [9.17, 15) is 9.90 Å². The van der Waals surface area contributed by atoms with Crippen molar-refractivity contribution in [3.63, 3.8) is 0 Å². The highest BCUT2D eigenvalue weighted by molar-refractivity contribution is 5.77. The maximum atomic E-state index is 12.0. The molecule has 4 heteroatoms. The maximum Gasteiger partial charge on any atom is 0.223 e. The zero-order chi connectivity index (χ0) is 14.5. The van der Waals surface area contributed by atoms with E-state index in [2.05, 4.69) is 5.32 Å². The fourth-order valence-electron chi connectivity index (χ4n) is 2.88. The summed E-state index contributed by atoms with van der Waals surface area (Å²) in [5, 5.41) is 13.3. The molecule has 2 N–H and O–H groups in total. The van der Waals surface area contributed by atoms with Gasteiger partial charge in [0, 0.05) is 13.2 Å². The molecule has 0 aromatic heterocycles. The number of ether oxygens (including phenoxy) is 1. The average molecular weight is 271 g/mol. The maximum absolute atomic E-state index is 12.0. The fraction of sp³-hybridized carbons (Fsp3) is 0.933. The lowest BCUT2D eigenvalue weighted by molar-refractivity contribution is -0.128. The van der Waals surface area contributed by atoms with Crippen molar-refractivity contribution in [2.75, 3.05) is 7.11 Å². The van der Waals surface area contributed by atoms with E-state index in [4.69, 9.17) is 4.74 Å². The second-order valence-electron chi connectivity index (χ2n) is 6.60. The minimum atomic E-state index is -0.779. The molecule has 1 unspecified atom stereocenters. The Morgan fingerprint density at radius 1 is 1.37 bits per heavy atom. The van der Waals surface area contributed by atoms with Crippen LogP contribution in [0.3, 0.4) is 0 Å². The van der Waals surface area contributed by atoms with E-state index in [-0.39, 0.29) is 24.0 Å². The molecule has 0 aromatic carbocycles. The van der Waals surface area contributed by atoms with Gasteiger partial charge in [0.15, 0.2) is 0 Å². The van der Waals surface area contributed by atoms with E-state index in [1.807, 2.05) is 20.8 Å². The summed E-state index contributed by atoms with van der Waals surface area (Å²) in [6, 6.07) is 0.0506. The molecule has 1 atom stereocenters. The topological polar surface area (TPSA) is 58.6 Å². The first-order chi connectivity index (χ1) is 8.76. The SMILES string of the molecule is COC(C)(C)CC(C)NC(=O)CC1(O)CCCCC1. The molecule has 0 aliphatic heterocycles. The summed E-state index contributed by atoms with van der Waals surface area (Å²) in [6.45, 7) is 5.98. The number of aliphatic hydroxyl groups is 1. The summed E-state index contributed by atoms with van der Waals surface area (Å²) in [5.74, 6) is -0.0520. The Labute approximate surface area is 116 Å². The smallest absolute Gasteiger partial charge is 0.223 e. The van der Waals surface area contributed by atoms with Crippen LogP contribution in [0.2, 0.25) is 0 Å². The summed E-state index contributed by atoms with van der Waals surface area (Å²) >= 11 is 0. The van der Waals surface area contributed by atoms with Gasteiger partial charge in [-0.15, -0.1) is 0 Å². The Morgan fingerprint density at radius 3 is 2.47 bits per heavy atom. The van der Waals surface area contributed by atoms with Crippen LogP contribution >= 0.6 is 0 Å². The molecular formula is C15H29NO3. The van der Waals surface area contributed by atoms with Gasteiger partial charge in [0.1, 0.15) is 0 Å². The van der Waals surface area contributed by atoms with Gasteiger partial charge < -0.3 is 15.2 Å². The molecule has 1 aliphatic carbocycles. The molecule has 4 nitrogen and oxygen atoms in total. The highest BCUT2D eigenvalue weighted by Crippen LogP contribution is 2.30. The number of hydrogen-bond donors (Lipinski definition) is 2. The van der Waals surface area contributed by atoms with Crippen molar-refractivity contribution in [2.24, 2.45) is 0 Å². The predicted octanol–water partition coefficient (Wildman–Crippen LogP) is 2.39. The van der Waals surface area contributed by atoms with Crippen LogP contribution in [0.1, 0.15) is 65.7 Å². The van der Waals surface area contributed by atoms with Crippen LogP contribution < -0.4 is 5.32 Å². The lowest BCUT2D eigenvalue weighted by Gasteiger charge is -2.32. The van der Waals surface area contributed by atoms with Gasteiger partial charge in [0.2, 0.25) is 5.91 Å². The van der Waals surface area contributed by atoms with Gasteiger partial charge >= 0.3 is 0 Å². The van der Waals surface area contributed by atoms with E-state index in [0.29, 0.717) is 0 Å². The first-order valence-electron chi connectivity index (χ1n) is 7.33. The molecule has 0 radical (unpaired) electrons. The van der Waals surface area contributed by atoms with Crippen molar-refractivity contribution in [2.45, 2.75) is 83.0 Å². The third-order valence-electron chi connectivity index (χ3n) is 4.03. The van der Waals surface area contributed by atoms with Crippen molar-refractivity contribution < 1.29 is 14.6 Å². The highest BCUT2D eigenvalue weighted by atomic mass is 16.5. The number of hydrogen-bond acceptors (Lipinski definition) is 3. The van der Waals surface area contributed by atoms with Gasteiger partial charge in [0.05, 0.1) is 17.6 Å². The van der Waals surface area contributed by atoms with Crippen LogP contribution in [-0.4, -0.2) is 35.4 Å². The van der Waals surface area contributed by atoms with Gasteiger partial charge in [-0.2, -0.15) is 0 Å². The zero-order valence-corrected chi connectivity index (χ0v) is 12.8. The van der Waals surface area contributed by atoms with Crippen LogP contribution in [0.4, 0.5) is 0 Å². The first-order valence-corrected chi connectivity index (χ1v) is 7.33. The van der Waals surface area contributed by atoms with Crippen LogP contribution in [0, 0.1) is 0 Å². The Morgan fingerprint density at radius 2 is 1.95 bits per heavy atom. The molecule has 0 spiro atoms. The number of rotatable bonds is 6.